The normalized spacial score (nSPS) is 17.1. The smallest absolute Gasteiger partial charge is 0.416 e. The number of cyclic esters (lactones) is 1. The predicted octanol–water partition coefficient (Wildman–Crippen LogP) is 7.48. The van der Waals surface area contributed by atoms with Crippen LogP contribution in [0, 0.1) is 0 Å². The predicted molar refractivity (Wildman–Crippen MR) is 146 cm³/mol. The molecule has 0 bridgehead atoms. The van der Waals surface area contributed by atoms with Crippen LogP contribution in [0.5, 0.6) is 0 Å². The van der Waals surface area contributed by atoms with E-state index in [1.165, 1.54) is 31.2 Å². The molecule has 2 atom stereocenters. The van der Waals surface area contributed by atoms with Crippen LogP contribution in [0.15, 0.2) is 54.6 Å². The zero-order valence-electron chi connectivity index (χ0n) is 22.9. The Kier molecular flexibility index (Phi) is 8.25. The Morgan fingerprint density at radius 2 is 1.71 bits per heavy atom. The van der Waals surface area contributed by atoms with Crippen molar-refractivity contribution >= 4 is 23.6 Å². The Morgan fingerprint density at radius 1 is 1.00 bits per heavy atom. The molecular formula is C29H21ClF7N5O3. The summed E-state index contributed by atoms with van der Waals surface area (Å²) >= 11 is 6.46. The van der Waals surface area contributed by atoms with Gasteiger partial charge in [0.1, 0.15) is 12.8 Å². The van der Waals surface area contributed by atoms with E-state index in [0.29, 0.717) is 11.6 Å². The second-order valence-corrected chi connectivity index (χ2v) is 10.6. The van der Waals surface area contributed by atoms with E-state index in [9.17, 15) is 40.3 Å². The maximum absolute atomic E-state index is 13.8. The number of nitrogens with zero attached hydrogens (tertiary/aromatic N) is 3. The third kappa shape index (κ3) is 6.43. The van der Waals surface area contributed by atoms with E-state index in [4.69, 9.17) is 22.1 Å². The lowest BCUT2D eigenvalue weighted by Gasteiger charge is -2.24. The first-order valence-corrected chi connectivity index (χ1v) is 13.4. The van der Waals surface area contributed by atoms with Crippen molar-refractivity contribution in [3.8, 4) is 22.5 Å². The highest BCUT2D eigenvalue weighted by atomic mass is 35.5. The van der Waals surface area contributed by atoms with Gasteiger partial charge in [0.2, 0.25) is 5.82 Å². The number of halogens is 8. The van der Waals surface area contributed by atoms with Crippen LogP contribution in [0.1, 0.15) is 51.5 Å². The minimum Gasteiger partial charge on any atom is -0.439 e. The number of alkyl halides is 7. The van der Waals surface area contributed by atoms with Gasteiger partial charge in [-0.3, -0.25) is 14.8 Å². The molecule has 236 valence electrons. The van der Waals surface area contributed by atoms with E-state index < -0.39 is 60.8 Å². The van der Waals surface area contributed by atoms with Crippen molar-refractivity contribution < 1.29 is 45.1 Å². The molecule has 45 heavy (non-hydrogen) atoms. The maximum Gasteiger partial charge on any atom is 0.416 e. The fourth-order valence-electron chi connectivity index (χ4n) is 5.00. The van der Waals surface area contributed by atoms with Crippen LogP contribution in [0.3, 0.4) is 0 Å². The van der Waals surface area contributed by atoms with Gasteiger partial charge in [-0.25, -0.2) is 14.2 Å². The van der Waals surface area contributed by atoms with Crippen molar-refractivity contribution in [2.45, 2.75) is 44.6 Å². The number of hydrogen-bond acceptors (Lipinski definition) is 5. The minimum atomic E-state index is -4.81. The van der Waals surface area contributed by atoms with Gasteiger partial charge in [0.15, 0.2) is 5.82 Å². The first-order chi connectivity index (χ1) is 21.1. The fourth-order valence-corrected chi connectivity index (χ4v) is 5.22. The molecule has 16 heteroatoms. The highest BCUT2D eigenvalue weighted by Gasteiger charge is 2.42. The van der Waals surface area contributed by atoms with Gasteiger partial charge < -0.3 is 10.5 Å². The molecule has 0 saturated carbocycles. The topological polar surface area (TPSA) is 114 Å². The summed E-state index contributed by atoms with van der Waals surface area (Å²) < 4.78 is 101. The molecule has 0 spiro atoms. The number of ether oxygens (including phenoxy) is 1. The van der Waals surface area contributed by atoms with Crippen LogP contribution >= 0.6 is 11.6 Å². The van der Waals surface area contributed by atoms with Crippen LogP contribution in [0.4, 0.5) is 35.5 Å². The summed E-state index contributed by atoms with van der Waals surface area (Å²) in [5.74, 6) is -1.06. The highest BCUT2D eigenvalue weighted by Crippen LogP contribution is 2.41. The minimum absolute atomic E-state index is 0.0189. The molecule has 3 aromatic carbocycles. The lowest BCUT2D eigenvalue weighted by molar-refractivity contribution is -0.138. The largest absolute Gasteiger partial charge is 0.439 e. The fraction of sp³-hybridized carbons (Fsp3) is 0.241. The second kappa shape index (κ2) is 11.7. The van der Waals surface area contributed by atoms with Gasteiger partial charge in [0.05, 0.1) is 23.7 Å². The molecule has 2 amide bonds. The van der Waals surface area contributed by atoms with E-state index >= 15 is 0 Å². The van der Waals surface area contributed by atoms with Crippen LogP contribution in [-0.2, 0) is 30.3 Å². The van der Waals surface area contributed by atoms with Gasteiger partial charge in [0, 0.05) is 16.1 Å². The van der Waals surface area contributed by atoms with Crippen LogP contribution in [0.25, 0.3) is 22.5 Å². The number of aromatic amines is 1. The number of amides is 2. The highest BCUT2D eigenvalue weighted by molar-refractivity contribution is 6.33. The van der Waals surface area contributed by atoms with E-state index in [-0.39, 0.29) is 44.5 Å². The molecule has 2 heterocycles. The molecule has 5 rings (SSSR count). The molecule has 1 saturated heterocycles. The number of nitrogens with one attached hydrogen (secondary N) is 1. The molecule has 8 nitrogen and oxygen atoms in total. The van der Waals surface area contributed by atoms with Crippen molar-refractivity contribution in [1.29, 1.82) is 0 Å². The Labute approximate surface area is 254 Å². The molecule has 1 fully saturated rings. The summed E-state index contributed by atoms with van der Waals surface area (Å²) in [6, 6.07) is 8.79. The molecule has 0 unspecified atom stereocenters. The zero-order chi connectivity index (χ0) is 32.8. The van der Waals surface area contributed by atoms with Gasteiger partial charge in [-0.2, -0.15) is 31.4 Å². The van der Waals surface area contributed by atoms with Crippen molar-refractivity contribution in [2.24, 2.45) is 5.73 Å². The lowest BCUT2D eigenvalue weighted by atomic mass is 9.94. The zero-order valence-corrected chi connectivity index (χ0v) is 23.7. The Balaban J connectivity index is 1.55. The molecule has 1 aromatic heterocycles. The first kappa shape index (κ1) is 31.8. The standard InChI is InChI=1S/C29H21ClF7N5O3/c1-13-23(16-6-14(11-31)7-19(8-16)29(35,36)37)45-27(44)42(13)12-17-9-18(28(32,33)34)3-4-20(17)21-10-15(2-5-22(21)30)25-39-26(24(38)43)41-40-25/h2-10,13,23H,11-12H2,1H3,(H2,38,43)(H,39,40,41)/t13-,23-/m0/s1. The number of hydrogen-bond donors (Lipinski definition) is 2. The number of carbonyl (C=O) groups is 2. The van der Waals surface area contributed by atoms with E-state index in [1.807, 2.05) is 0 Å². The number of H-pyrrole nitrogens is 1. The number of nitrogens with two attached hydrogens (primary N) is 1. The van der Waals surface area contributed by atoms with Gasteiger partial charge in [-0.05, 0) is 77.7 Å². The van der Waals surface area contributed by atoms with Gasteiger partial charge >= 0.3 is 18.4 Å². The van der Waals surface area contributed by atoms with Crippen molar-refractivity contribution in [3.05, 3.63) is 93.3 Å². The van der Waals surface area contributed by atoms with Crippen molar-refractivity contribution in [1.82, 2.24) is 20.1 Å². The second-order valence-electron chi connectivity index (χ2n) is 10.2. The van der Waals surface area contributed by atoms with Crippen LogP contribution in [-0.4, -0.2) is 38.1 Å². The summed E-state index contributed by atoms with van der Waals surface area (Å²) in [5.41, 5.74) is 3.35. The Bertz CT molecular complexity index is 1790. The molecule has 1 aliphatic heterocycles. The lowest BCUT2D eigenvalue weighted by Crippen LogP contribution is -2.31. The van der Waals surface area contributed by atoms with Gasteiger partial charge in [-0.15, -0.1) is 0 Å². The average molecular weight is 656 g/mol. The Hall–Kier alpha value is -4.66. The van der Waals surface area contributed by atoms with E-state index in [1.54, 1.807) is 0 Å². The molecule has 3 N–H and O–H groups in total. The van der Waals surface area contributed by atoms with Crippen LogP contribution < -0.4 is 5.73 Å². The Morgan fingerprint density at radius 3 is 2.33 bits per heavy atom. The van der Waals surface area contributed by atoms with Crippen LogP contribution in [0.2, 0.25) is 5.02 Å². The quantitative estimate of drug-likeness (QED) is 0.200. The summed E-state index contributed by atoms with van der Waals surface area (Å²) in [6.07, 6.45) is -11.9. The van der Waals surface area contributed by atoms with Gasteiger partial charge in [0.25, 0.3) is 5.91 Å². The monoisotopic (exact) mass is 655 g/mol. The number of primary amides is 1. The average Bonchev–Trinajstić information content (AvgIpc) is 3.58. The number of aromatic nitrogens is 3. The van der Waals surface area contributed by atoms with Crippen molar-refractivity contribution in [3.63, 3.8) is 0 Å². The third-order valence-corrected chi connectivity index (χ3v) is 7.55. The summed E-state index contributed by atoms with van der Waals surface area (Å²) in [5, 5.41) is 6.41. The number of rotatable bonds is 7. The number of carbonyl (C=O) groups excluding carboxylic acids is 2. The maximum atomic E-state index is 13.8. The molecular weight excluding hydrogens is 635 g/mol. The summed E-state index contributed by atoms with van der Waals surface area (Å²) in [6.45, 7) is -0.218. The number of benzene rings is 3. The molecule has 4 aromatic rings. The molecule has 1 aliphatic rings. The van der Waals surface area contributed by atoms with E-state index in [0.717, 1.165) is 29.2 Å². The summed E-state index contributed by atoms with van der Waals surface area (Å²) in [4.78, 5) is 29.5. The SMILES string of the molecule is C[C@H]1[C@@H](c2cc(CF)cc(C(F)(F)F)c2)OC(=O)N1Cc1cc(C(F)(F)F)ccc1-c1cc(-c2n[nH]c(C(N)=O)n2)ccc1Cl. The third-order valence-electron chi connectivity index (χ3n) is 7.22. The summed E-state index contributed by atoms with van der Waals surface area (Å²) in [7, 11) is 0. The van der Waals surface area contributed by atoms with Gasteiger partial charge in [-0.1, -0.05) is 17.7 Å². The first-order valence-electron chi connectivity index (χ1n) is 13.0. The molecule has 0 radical (unpaired) electrons. The molecule has 0 aliphatic carbocycles. The van der Waals surface area contributed by atoms with Crippen molar-refractivity contribution in [2.75, 3.05) is 0 Å². The van der Waals surface area contributed by atoms with E-state index in [2.05, 4.69) is 15.2 Å².